The molecule has 1 saturated carbocycles. The lowest BCUT2D eigenvalue weighted by atomic mass is 9.80. The Morgan fingerprint density at radius 1 is 1.00 bits per heavy atom. The highest BCUT2D eigenvalue weighted by atomic mass is 35.5. The Morgan fingerprint density at radius 3 is 2.44 bits per heavy atom. The van der Waals surface area contributed by atoms with Crippen LogP contribution < -0.4 is 0 Å². The summed E-state index contributed by atoms with van der Waals surface area (Å²) in [5, 5.41) is 12.8. The van der Waals surface area contributed by atoms with Crippen LogP contribution in [0.25, 0.3) is 0 Å². The highest BCUT2D eigenvalue weighted by Crippen LogP contribution is 2.45. The van der Waals surface area contributed by atoms with Crippen molar-refractivity contribution in [1.82, 2.24) is 4.98 Å². The molecule has 190 valence electrons. The monoisotopic (exact) mass is 507 g/mol. The van der Waals surface area contributed by atoms with Gasteiger partial charge in [0.05, 0.1) is 25.9 Å². The van der Waals surface area contributed by atoms with Gasteiger partial charge in [-0.15, -0.1) is 0 Å². The van der Waals surface area contributed by atoms with Crippen molar-refractivity contribution in [2.45, 2.75) is 63.4 Å². The molecule has 4 fully saturated rings. The Morgan fingerprint density at radius 2 is 1.72 bits per heavy atom. The third-order valence-corrected chi connectivity index (χ3v) is 9.20. The highest BCUT2D eigenvalue weighted by molar-refractivity contribution is 6.30. The molecule has 1 aromatic heterocycles. The van der Waals surface area contributed by atoms with E-state index in [0.29, 0.717) is 18.4 Å². The van der Waals surface area contributed by atoms with Crippen LogP contribution in [0.2, 0.25) is 5.02 Å². The second-order valence-corrected chi connectivity index (χ2v) is 11.6. The molecule has 2 aromatic carbocycles. The summed E-state index contributed by atoms with van der Waals surface area (Å²) in [4.78, 5) is 4.69. The third kappa shape index (κ3) is 4.63. The second-order valence-electron chi connectivity index (χ2n) is 11.2. The topological polar surface area (TPSA) is 55.5 Å². The summed E-state index contributed by atoms with van der Waals surface area (Å²) in [5.74, 6) is 2.09. The number of piperidine rings is 3. The first kappa shape index (κ1) is 24.2. The predicted octanol–water partition coefficient (Wildman–Crippen LogP) is 6.08. The molecule has 0 spiro atoms. The molecular weight excluding hydrogens is 472 g/mol. The van der Waals surface area contributed by atoms with Gasteiger partial charge in [-0.1, -0.05) is 66.9 Å². The zero-order valence-electron chi connectivity index (χ0n) is 20.8. The Kier molecular flexibility index (Phi) is 6.67. The maximum atomic E-state index is 12.0. The largest absolute Gasteiger partial charge is 0.436 e. The lowest BCUT2D eigenvalue weighted by molar-refractivity contribution is -0.959. The van der Waals surface area contributed by atoms with E-state index in [1.807, 2.05) is 60.8 Å². The zero-order chi connectivity index (χ0) is 24.6. The summed E-state index contributed by atoms with van der Waals surface area (Å²) < 4.78 is 13.8. The number of nitrogens with zero attached hydrogens (tertiary/aromatic N) is 2. The van der Waals surface area contributed by atoms with Crippen LogP contribution in [0.1, 0.15) is 61.3 Å². The standard InChI is InChI=1S/C30H36ClN2O3/c31-26-12-10-22(11-13-26)21-35-28-20-33(16-14-23(28)15-17-33)19-27-18-32-29(36-27)30(34,25-8-4-5-9-25)24-6-2-1-3-7-24/h1-3,6-7,10-13,18,23,25,28,34H,4-5,8-9,14-17,19-21H2/q+1/t23?,28-,30-,33?/m0/s1. The smallest absolute Gasteiger partial charge is 0.231 e. The van der Waals surface area contributed by atoms with Crippen molar-refractivity contribution in [3.8, 4) is 0 Å². The van der Waals surface area contributed by atoms with E-state index in [2.05, 4.69) is 4.98 Å². The number of oxazole rings is 1. The minimum absolute atomic E-state index is 0.134. The number of rotatable bonds is 8. The van der Waals surface area contributed by atoms with Crippen molar-refractivity contribution in [3.05, 3.63) is 88.6 Å². The van der Waals surface area contributed by atoms with E-state index in [1.54, 1.807) is 0 Å². The Hall–Kier alpha value is -2.18. The number of aliphatic hydroxyl groups is 1. The van der Waals surface area contributed by atoms with E-state index in [1.165, 1.54) is 12.8 Å². The Labute approximate surface area is 218 Å². The number of ether oxygens (including phenoxy) is 1. The summed E-state index contributed by atoms with van der Waals surface area (Å²) >= 11 is 6.04. The molecule has 6 heteroatoms. The van der Waals surface area contributed by atoms with Crippen LogP contribution in [-0.4, -0.2) is 40.3 Å². The molecule has 5 nitrogen and oxygen atoms in total. The number of hydrogen-bond donors (Lipinski definition) is 1. The first-order valence-corrected chi connectivity index (χ1v) is 13.9. The lowest BCUT2D eigenvalue weighted by Gasteiger charge is -2.52. The van der Waals surface area contributed by atoms with Gasteiger partial charge in [-0.25, -0.2) is 4.98 Å². The quantitative estimate of drug-likeness (QED) is 0.375. The van der Waals surface area contributed by atoms with Gasteiger partial charge in [0.2, 0.25) is 5.89 Å². The van der Waals surface area contributed by atoms with Gasteiger partial charge in [-0.05, 0) is 36.1 Å². The molecule has 36 heavy (non-hydrogen) atoms. The van der Waals surface area contributed by atoms with Crippen LogP contribution in [0.4, 0.5) is 0 Å². The van der Waals surface area contributed by atoms with E-state index in [-0.39, 0.29) is 12.0 Å². The first-order valence-electron chi connectivity index (χ1n) is 13.5. The zero-order valence-corrected chi connectivity index (χ0v) is 21.6. The maximum Gasteiger partial charge on any atom is 0.231 e. The van der Waals surface area contributed by atoms with E-state index >= 15 is 0 Å². The van der Waals surface area contributed by atoms with Crippen LogP contribution in [0.15, 0.2) is 65.2 Å². The minimum atomic E-state index is -1.17. The average Bonchev–Trinajstić information content (AvgIpc) is 3.62. The molecule has 0 amide bonds. The van der Waals surface area contributed by atoms with E-state index < -0.39 is 5.60 Å². The minimum Gasteiger partial charge on any atom is -0.436 e. The number of halogens is 1. The summed E-state index contributed by atoms with van der Waals surface area (Å²) in [5.41, 5.74) is 0.871. The summed E-state index contributed by atoms with van der Waals surface area (Å²) in [7, 11) is 0. The summed E-state index contributed by atoms with van der Waals surface area (Å²) in [6.45, 7) is 4.71. The van der Waals surface area contributed by atoms with Gasteiger partial charge in [0, 0.05) is 29.7 Å². The molecule has 1 N–H and O–H groups in total. The molecular formula is C30H36ClN2O3+. The Balaban J connectivity index is 1.18. The van der Waals surface area contributed by atoms with Gasteiger partial charge < -0.3 is 18.7 Å². The normalized spacial score (nSPS) is 27.8. The van der Waals surface area contributed by atoms with Crippen molar-refractivity contribution in [3.63, 3.8) is 0 Å². The fraction of sp³-hybridized carbons (Fsp3) is 0.500. The number of aromatic nitrogens is 1. The van der Waals surface area contributed by atoms with Crippen LogP contribution in [0.3, 0.4) is 0 Å². The molecule has 2 atom stereocenters. The number of hydrogen-bond acceptors (Lipinski definition) is 4. The van der Waals surface area contributed by atoms with E-state index in [4.69, 9.17) is 20.8 Å². The van der Waals surface area contributed by atoms with Crippen LogP contribution in [0.5, 0.6) is 0 Å². The van der Waals surface area contributed by atoms with Crippen molar-refractivity contribution in [2.75, 3.05) is 19.6 Å². The van der Waals surface area contributed by atoms with Gasteiger partial charge in [-0.3, -0.25) is 0 Å². The average molecular weight is 508 g/mol. The van der Waals surface area contributed by atoms with Gasteiger partial charge in [0.1, 0.15) is 19.2 Å². The van der Waals surface area contributed by atoms with Crippen molar-refractivity contribution in [1.29, 1.82) is 0 Å². The van der Waals surface area contributed by atoms with Crippen molar-refractivity contribution >= 4 is 11.6 Å². The second kappa shape index (κ2) is 9.94. The fourth-order valence-corrected chi connectivity index (χ4v) is 7.00. The van der Waals surface area contributed by atoms with Gasteiger partial charge in [0.15, 0.2) is 11.4 Å². The summed E-state index contributed by atoms with van der Waals surface area (Å²) in [6.07, 6.45) is 8.76. The van der Waals surface area contributed by atoms with Gasteiger partial charge in [-0.2, -0.15) is 0 Å². The van der Waals surface area contributed by atoms with Crippen molar-refractivity contribution in [2.24, 2.45) is 11.8 Å². The molecule has 7 rings (SSSR count). The van der Waals surface area contributed by atoms with E-state index in [9.17, 15) is 5.11 Å². The molecule has 2 bridgehead atoms. The third-order valence-electron chi connectivity index (χ3n) is 8.95. The molecule has 3 aliphatic heterocycles. The molecule has 4 aliphatic rings. The predicted molar refractivity (Wildman–Crippen MR) is 139 cm³/mol. The van der Waals surface area contributed by atoms with Crippen LogP contribution >= 0.6 is 11.6 Å². The van der Waals surface area contributed by atoms with Gasteiger partial charge >= 0.3 is 0 Å². The van der Waals surface area contributed by atoms with Gasteiger partial charge in [0.25, 0.3) is 0 Å². The molecule has 1 aliphatic carbocycles. The molecule has 0 radical (unpaired) electrons. The maximum absolute atomic E-state index is 12.0. The number of fused-ring (bicyclic) bond motifs is 3. The first-order chi connectivity index (χ1) is 17.5. The SMILES string of the molecule is O[C@](c1ccccc1)(c1ncc(C[N+]23CCC(CC2)[C@@H](OCc2ccc(Cl)cc2)C3)o1)C1CCCC1. The van der Waals surface area contributed by atoms with Crippen molar-refractivity contribution < 1.29 is 18.7 Å². The number of quaternary nitrogens is 1. The lowest BCUT2D eigenvalue weighted by Crippen LogP contribution is -2.63. The highest BCUT2D eigenvalue weighted by Gasteiger charge is 2.48. The molecule has 4 heterocycles. The number of benzene rings is 2. The van der Waals surface area contributed by atoms with E-state index in [0.717, 1.165) is 78.3 Å². The Bertz CT molecular complexity index is 1150. The molecule has 3 saturated heterocycles. The summed E-state index contributed by atoms with van der Waals surface area (Å²) in [6, 6.07) is 17.9. The molecule has 0 unspecified atom stereocenters. The molecule has 3 aromatic rings. The van der Waals surface area contributed by atoms with Crippen LogP contribution in [0, 0.1) is 11.8 Å². The van der Waals surface area contributed by atoms with Crippen LogP contribution in [-0.2, 0) is 23.5 Å². The fourth-order valence-electron chi connectivity index (χ4n) is 6.87.